The molecule has 0 radical (unpaired) electrons. The lowest BCUT2D eigenvalue weighted by Crippen LogP contribution is -2.22. The third-order valence-corrected chi connectivity index (χ3v) is 4.90. The molecular weight excluding hydrogens is 294 g/mol. The van der Waals surface area contributed by atoms with Crippen molar-refractivity contribution in [2.75, 3.05) is 11.4 Å². The van der Waals surface area contributed by atoms with E-state index in [-0.39, 0.29) is 6.10 Å². The normalized spacial score (nSPS) is 15.6. The molecule has 0 aromatic heterocycles. The molecule has 1 aliphatic rings. The van der Waals surface area contributed by atoms with Gasteiger partial charge in [0.05, 0.1) is 6.10 Å². The van der Waals surface area contributed by atoms with Gasteiger partial charge in [0.15, 0.2) is 0 Å². The number of rotatable bonds is 4. The Hall–Kier alpha value is -1.96. The van der Waals surface area contributed by atoms with E-state index in [1.54, 1.807) is 0 Å². The van der Waals surface area contributed by atoms with Crippen LogP contribution in [0.5, 0.6) is 5.75 Å². The minimum absolute atomic E-state index is 0.278. The van der Waals surface area contributed by atoms with Crippen LogP contribution in [0, 0.1) is 13.8 Å². The van der Waals surface area contributed by atoms with Crippen LogP contribution in [0.3, 0.4) is 0 Å². The number of ether oxygens (including phenoxy) is 1. The van der Waals surface area contributed by atoms with Crippen molar-refractivity contribution in [1.29, 1.82) is 0 Å². The highest BCUT2D eigenvalue weighted by Crippen LogP contribution is 2.28. The first-order chi connectivity index (χ1) is 11.5. The Balaban J connectivity index is 1.83. The van der Waals surface area contributed by atoms with Gasteiger partial charge in [0, 0.05) is 18.8 Å². The van der Waals surface area contributed by atoms with Crippen LogP contribution in [0.4, 0.5) is 5.69 Å². The Kier molecular flexibility index (Phi) is 5.13. The Morgan fingerprint density at radius 2 is 1.79 bits per heavy atom. The first-order valence-corrected chi connectivity index (χ1v) is 9.17. The van der Waals surface area contributed by atoms with E-state index in [0.717, 1.165) is 31.7 Å². The maximum atomic E-state index is 6.00. The summed E-state index contributed by atoms with van der Waals surface area (Å²) < 4.78 is 6.00. The Morgan fingerprint density at radius 1 is 1.04 bits per heavy atom. The second-order valence-electron chi connectivity index (χ2n) is 7.14. The quantitative estimate of drug-likeness (QED) is 0.743. The van der Waals surface area contributed by atoms with Gasteiger partial charge in [0.25, 0.3) is 0 Å². The van der Waals surface area contributed by atoms with E-state index < -0.39 is 0 Å². The molecule has 0 saturated heterocycles. The number of benzene rings is 2. The zero-order valence-electron chi connectivity index (χ0n) is 15.4. The van der Waals surface area contributed by atoms with Crippen molar-refractivity contribution in [2.24, 2.45) is 0 Å². The van der Waals surface area contributed by atoms with Crippen molar-refractivity contribution >= 4 is 5.69 Å². The molecule has 0 saturated carbocycles. The molecule has 0 N–H and O–H groups in total. The topological polar surface area (TPSA) is 12.5 Å². The van der Waals surface area contributed by atoms with E-state index in [0.29, 0.717) is 0 Å². The Labute approximate surface area is 146 Å². The Morgan fingerprint density at radius 3 is 2.50 bits per heavy atom. The molecule has 0 spiro atoms. The number of hydrogen-bond donors (Lipinski definition) is 0. The molecule has 0 amide bonds. The van der Waals surface area contributed by atoms with Crippen LogP contribution in [-0.2, 0) is 13.0 Å². The molecule has 128 valence electrons. The number of nitrogens with zero attached hydrogens (tertiary/aromatic N) is 1. The van der Waals surface area contributed by atoms with Crippen LogP contribution < -0.4 is 9.64 Å². The van der Waals surface area contributed by atoms with Gasteiger partial charge in [-0.25, -0.2) is 0 Å². The fraction of sp³-hybridized carbons (Fsp3) is 0.455. The number of aryl methyl sites for hydroxylation is 3. The fourth-order valence-electron chi connectivity index (χ4n) is 3.48. The van der Waals surface area contributed by atoms with Gasteiger partial charge in [-0.15, -0.1) is 0 Å². The lowest BCUT2D eigenvalue weighted by Gasteiger charge is -2.24. The van der Waals surface area contributed by atoms with Crippen LogP contribution in [0.2, 0.25) is 0 Å². The average molecular weight is 323 g/mol. The van der Waals surface area contributed by atoms with Crippen LogP contribution in [0.1, 0.15) is 48.9 Å². The third kappa shape index (κ3) is 3.92. The molecule has 0 bridgehead atoms. The lowest BCUT2D eigenvalue weighted by molar-refractivity contribution is 0.217. The van der Waals surface area contributed by atoms with E-state index in [1.807, 2.05) is 0 Å². The second-order valence-corrected chi connectivity index (χ2v) is 7.14. The van der Waals surface area contributed by atoms with E-state index in [1.165, 1.54) is 34.4 Å². The summed E-state index contributed by atoms with van der Waals surface area (Å²) in [6, 6.07) is 13.5. The van der Waals surface area contributed by atoms with Gasteiger partial charge < -0.3 is 9.64 Å². The zero-order valence-corrected chi connectivity index (χ0v) is 15.4. The van der Waals surface area contributed by atoms with Crippen molar-refractivity contribution in [1.82, 2.24) is 0 Å². The van der Waals surface area contributed by atoms with Crippen molar-refractivity contribution in [3.8, 4) is 5.75 Å². The summed E-state index contributed by atoms with van der Waals surface area (Å²) in [4.78, 5) is 2.51. The van der Waals surface area contributed by atoms with Gasteiger partial charge in [-0.2, -0.15) is 0 Å². The van der Waals surface area contributed by atoms with E-state index in [9.17, 15) is 0 Å². The molecule has 1 unspecified atom stereocenters. The van der Waals surface area contributed by atoms with Crippen molar-refractivity contribution in [2.45, 2.75) is 59.6 Å². The minimum Gasteiger partial charge on any atom is -0.491 e. The van der Waals surface area contributed by atoms with Crippen molar-refractivity contribution < 1.29 is 4.74 Å². The summed E-state index contributed by atoms with van der Waals surface area (Å²) in [5.74, 6) is 1.02. The standard InChI is InChI=1S/C22H29NO/c1-5-18(4)24-22-9-8-20-15-23(10-6-7-19(20)14-22)21-12-16(2)11-17(3)13-21/h8-9,11-14,18H,5-7,10,15H2,1-4H3. The van der Waals surface area contributed by atoms with Gasteiger partial charge >= 0.3 is 0 Å². The predicted molar refractivity (Wildman–Crippen MR) is 102 cm³/mol. The number of hydrogen-bond acceptors (Lipinski definition) is 2. The highest BCUT2D eigenvalue weighted by molar-refractivity contribution is 5.52. The van der Waals surface area contributed by atoms with Crippen LogP contribution in [-0.4, -0.2) is 12.6 Å². The molecule has 0 aliphatic carbocycles. The van der Waals surface area contributed by atoms with E-state index in [4.69, 9.17) is 4.74 Å². The molecule has 2 aromatic carbocycles. The van der Waals surface area contributed by atoms with Crippen LogP contribution >= 0.6 is 0 Å². The van der Waals surface area contributed by atoms with E-state index >= 15 is 0 Å². The summed E-state index contributed by atoms with van der Waals surface area (Å²) in [5.41, 5.74) is 6.91. The summed E-state index contributed by atoms with van der Waals surface area (Å²) in [6.45, 7) is 10.8. The molecule has 2 heteroatoms. The van der Waals surface area contributed by atoms with Crippen molar-refractivity contribution in [3.63, 3.8) is 0 Å². The summed E-state index contributed by atoms with van der Waals surface area (Å²) in [5, 5.41) is 0. The molecule has 1 atom stereocenters. The molecule has 2 aromatic rings. The fourth-order valence-corrected chi connectivity index (χ4v) is 3.48. The maximum Gasteiger partial charge on any atom is 0.119 e. The summed E-state index contributed by atoms with van der Waals surface area (Å²) >= 11 is 0. The van der Waals surface area contributed by atoms with Gasteiger partial charge in [0.2, 0.25) is 0 Å². The molecule has 0 fully saturated rings. The van der Waals surface area contributed by atoms with Crippen LogP contribution in [0.25, 0.3) is 0 Å². The maximum absolute atomic E-state index is 6.00. The van der Waals surface area contributed by atoms with Gasteiger partial charge in [0.1, 0.15) is 5.75 Å². The largest absolute Gasteiger partial charge is 0.491 e. The minimum atomic E-state index is 0.278. The Bertz CT molecular complexity index is 687. The summed E-state index contributed by atoms with van der Waals surface area (Å²) in [6.07, 6.45) is 3.64. The lowest BCUT2D eigenvalue weighted by atomic mass is 10.0. The summed E-state index contributed by atoms with van der Waals surface area (Å²) in [7, 11) is 0. The monoisotopic (exact) mass is 323 g/mol. The predicted octanol–water partition coefficient (Wildman–Crippen LogP) is 5.43. The second kappa shape index (κ2) is 7.29. The molecule has 24 heavy (non-hydrogen) atoms. The van der Waals surface area contributed by atoms with Gasteiger partial charge in [-0.3, -0.25) is 0 Å². The number of anilines is 1. The zero-order chi connectivity index (χ0) is 17.1. The van der Waals surface area contributed by atoms with E-state index in [2.05, 4.69) is 69.0 Å². The third-order valence-electron chi connectivity index (χ3n) is 4.90. The smallest absolute Gasteiger partial charge is 0.119 e. The van der Waals surface area contributed by atoms with Gasteiger partial charge in [-0.05, 0) is 86.6 Å². The first-order valence-electron chi connectivity index (χ1n) is 9.17. The highest BCUT2D eigenvalue weighted by Gasteiger charge is 2.16. The van der Waals surface area contributed by atoms with Crippen LogP contribution in [0.15, 0.2) is 36.4 Å². The highest BCUT2D eigenvalue weighted by atomic mass is 16.5. The molecule has 3 rings (SSSR count). The average Bonchev–Trinajstić information content (AvgIpc) is 2.75. The molecule has 1 heterocycles. The van der Waals surface area contributed by atoms with Crippen molar-refractivity contribution in [3.05, 3.63) is 58.7 Å². The first kappa shape index (κ1) is 16.9. The molecule has 1 aliphatic heterocycles. The number of fused-ring (bicyclic) bond motifs is 1. The molecule has 2 nitrogen and oxygen atoms in total. The van der Waals surface area contributed by atoms with Gasteiger partial charge in [-0.1, -0.05) is 19.1 Å². The molecular formula is C22H29NO. The SMILES string of the molecule is CCC(C)Oc1ccc2c(c1)CCCN(c1cc(C)cc(C)c1)C2.